The Labute approximate surface area is 139 Å². The van der Waals surface area contributed by atoms with Gasteiger partial charge >= 0.3 is 0 Å². The second-order valence-electron chi connectivity index (χ2n) is 6.96. The van der Waals surface area contributed by atoms with Gasteiger partial charge in [0.25, 0.3) is 0 Å². The van der Waals surface area contributed by atoms with Gasteiger partial charge in [0, 0.05) is 5.92 Å². The maximum Gasteiger partial charge on any atom is 0.165 e. The van der Waals surface area contributed by atoms with Gasteiger partial charge in [0.2, 0.25) is 0 Å². The van der Waals surface area contributed by atoms with Gasteiger partial charge in [0.15, 0.2) is 10.8 Å². The molecule has 0 aromatic carbocycles. The summed E-state index contributed by atoms with van der Waals surface area (Å²) in [6, 6.07) is -0.325. The monoisotopic (exact) mass is 340 g/mol. The summed E-state index contributed by atoms with van der Waals surface area (Å²) >= 11 is 6.01. The molecule has 0 spiro atoms. The molecule has 1 aliphatic rings. The van der Waals surface area contributed by atoms with Crippen molar-refractivity contribution in [1.82, 2.24) is 19.5 Å². The van der Waals surface area contributed by atoms with Crippen molar-refractivity contribution in [2.75, 3.05) is 6.61 Å². The maximum absolute atomic E-state index is 10.4. The van der Waals surface area contributed by atoms with Crippen molar-refractivity contribution in [3.8, 4) is 0 Å². The first-order valence-electron chi connectivity index (χ1n) is 7.61. The van der Waals surface area contributed by atoms with E-state index in [0.29, 0.717) is 24.2 Å². The molecular weight excluding hydrogens is 320 g/mol. The van der Waals surface area contributed by atoms with Gasteiger partial charge in [-0.2, -0.15) is 0 Å². The van der Waals surface area contributed by atoms with Crippen molar-refractivity contribution in [1.29, 1.82) is 0 Å². The van der Waals surface area contributed by atoms with E-state index in [4.69, 9.17) is 16.3 Å². The van der Waals surface area contributed by atoms with Crippen LogP contribution in [0.25, 0.3) is 11.2 Å². The van der Waals surface area contributed by atoms with Gasteiger partial charge < -0.3 is 19.5 Å². The molecule has 2 heterocycles. The lowest BCUT2D eigenvalue weighted by atomic mass is 10.1. The highest BCUT2D eigenvalue weighted by Crippen LogP contribution is 2.37. The fourth-order valence-corrected chi connectivity index (χ4v) is 3.14. The predicted molar refractivity (Wildman–Crippen MR) is 85.2 cm³/mol. The summed E-state index contributed by atoms with van der Waals surface area (Å²) in [6.45, 7) is 6.28. The Hall–Kier alpha value is -1.28. The number of fused-ring (bicyclic) bond motifs is 1. The molecule has 0 amide bonds. The van der Waals surface area contributed by atoms with Gasteiger partial charge in [-0.15, -0.1) is 0 Å². The van der Waals surface area contributed by atoms with Crippen LogP contribution in [0.4, 0.5) is 0 Å². The lowest BCUT2D eigenvalue weighted by Crippen LogP contribution is -2.32. The van der Waals surface area contributed by atoms with Crippen LogP contribution in [0.2, 0.25) is 5.15 Å². The van der Waals surface area contributed by atoms with E-state index in [9.17, 15) is 10.2 Å². The molecule has 2 aromatic heterocycles. The summed E-state index contributed by atoms with van der Waals surface area (Å²) in [4.78, 5) is 12.3. The quantitative estimate of drug-likeness (QED) is 0.824. The van der Waals surface area contributed by atoms with E-state index in [0.717, 1.165) is 0 Å². The third kappa shape index (κ3) is 3.19. The van der Waals surface area contributed by atoms with Crippen molar-refractivity contribution in [2.24, 2.45) is 5.92 Å². The zero-order valence-corrected chi connectivity index (χ0v) is 14.1. The van der Waals surface area contributed by atoms with Crippen molar-refractivity contribution in [2.45, 2.75) is 51.0 Å². The van der Waals surface area contributed by atoms with E-state index in [1.54, 1.807) is 10.9 Å². The first-order valence-corrected chi connectivity index (χ1v) is 7.99. The van der Waals surface area contributed by atoms with E-state index in [-0.39, 0.29) is 22.7 Å². The molecule has 3 rings (SSSR count). The molecule has 126 valence electrons. The molecule has 0 aliphatic heterocycles. The number of halogens is 1. The minimum atomic E-state index is -0.908. The molecule has 2 N–H and O–H groups in total. The maximum atomic E-state index is 10.4. The summed E-state index contributed by atoms with van der Waals surface area (Å²) in [6.07, 6.45) is 1.76. The molecule has 1 fully saturated rings. The molecule has 2 aromatic rings. The molecule has 0 unspecified atom stereocenters. The Morgan fingerprint density at radius 1 is 1.26 bits per heavy atom. The van der Waals surface area contributed by atoms with Crippen molar-refractivity contribution in [3.05, 3.63) is 17.8 Å². The van der Waals surface area contributed by atoms with Crippen LogP contribution in [0.5, 0.6) is 0 Å². The highest BCUT2D eigenvalue weighted by molar-refractivity contribution is 6.33. The summed E-state index contributed by atoms with van der Waals surface area (Å²) in [5.74, 6) is -0.149. The van der Waals surface area contributed by atoms with Crippen LogP contribution < -0.4 is 0 Å². The molecule has 23 heavy (non-hydrogen) atoms. The zero-order chi connectivity index (χ0) is 16.8. The van der Waals surface area contributed by atoms with Crippen molar-refractivity contribution < 1.29 is 14.9 Å². The molecule has 0 radical (unpaired) electrons. The van der Waals surface area contributed by atoms with Crippen LogP contribution in [-0.2, 0) is 4.74 Å². The van der Waals surface area contributed by atoms with Gasteiger partial charge in [0.1, 0.15) is 17.9 Å². The zero-order valence-electron chi connectivity index (χ0n) is 13.3. The van der Waals surface area contributed by atoms with Crippen LogP contribution in [0, 0.1) is 5.92 Å². The highest BCUT2D eigenvalue weighted by atomic mass is 35.5. The number of hydrogen-bond donors (Lipinski definition) is 2. The Morgan fingerprint density at radius 2 is 2.00 bits per heavy atom. The molecule has 7 nitrogen and oxygen atoms in total. The predicted octanol–water partition coefficient (Wildman–Crippen LogP) is 1.58. The minimum Gasteiger partial charge on any atom is -0.390 e. The summed E-state index contributed by atoms with van der Waals surface area (Å²) < 4.78 is 7.52. The Bertz CT molecular complexity index is 700. The Morgan fingerprint density at radius 3 is 2.70 bits per heavy atom. The van der Waals surface area contributed by atoms with E-state index >= 15 is 0 Å². The summed E-state index contributed by atoms with van der Waals surface area (Å²) in [7, 11) is 0. The van der Waals surface area contributed by atoms with E-state index in [1.807, 2.05) is 20.8 Å². The van der Waals surface area contributed by atoms with Crippen molar-refractivity contribution >= 4 is 22.8 Å². The number of rotatable bonds is 3. The van der Waals surface area contributed by atoms with Crippen LogP contribution in [0.1, 0.15) is 33.2 Å². The fourth-order valence-electron chi connectivity index (χ4n) is 2.96. The summed E-state index contributed by atoms with van der Waals surface area (Å²) in [5, 5.41) is 21.0. The van der Waals surface area contributed by atoms with Crippen molar-refractivity contribution in [3.63, 3.8) is 0 Å². The molecular formula is C15H21ClN4O3. The lowest BCUT2D eigenvalue weighted by molar-refractivity contribution is -0.0569. The summed E-state index contributed by atoms with van der Waals surface area (Å²) in [5.41, 5.74) is 0.759. The second kappa shape index (κ2) is 5.98. The molecule has 4 atom stereocenters. The fraction of sp³-hybridized carbons (Fsp3) is 0.667. The van der Waals surface area contributed by atoms with Crippen LogP contribution >= 0.6 is 11.6 Å². The average molecular weight is 341 g/mol. The first-order chi connectivity index (χ1) is 10.8. The third-order valence-electron chi connectivity index (χ3n) is 4.17. The number of aliphatic hydroxyl groups excluding tert-OH is 2. The number of aliphatic hydroxyl groups is 2. The van der Waals surface area contributed by atoms with E-state index in [2.05, 4.69) is 15.0 Å². The van der Waals surface area contributed by atoms with Gasteiger partial charge in [-0.1, -0.05) is 11.6 Å². The number of imidazole rings is 1. The number of aromatic nitrogens is 4. The number of hydrogen-bond acceptors (Lipinski definition) is 6. The molecule has 8 heteroatoms. The van der Waals surface area contributed by atoms with E-state index in [1.165, 1.54) is 6.33 Å². The van der Waals surface area contributed by atoms with Crippen LogP contribution in [-0.4, -0.2) is 54.1 Å². The largest absolute Gasteiger partial charge is 0.390 e. The Balaban J connectivity index is 1.84. The normalized spacial score (nSPS) is 28.6. The highest BCUT2D eigenvalue weighted by Gasteiger charge is 2.43. The standard InChI is InChI=1S/C15H21ClN4O3/c1-15(2,3)23-5-8-4-9(12(22)11(8)21)20-7-19-10-13(16)17-6-18-14(10)20/h6-9,11-12,21-22H,4-5H2,1-3H3/t8-,9-,11-,12+/m0/s1. The topological polar surface area (TPSA) is 93.3 Å². The molecule has 1 aliphatic carbocycles. The minimum absolute atomic E-state index is 0.149. The third-order valence-corrected chi connectivity index (χ3v) is 4.45. The first kappa shape index (κ1) is 16.6. The van der Waals surface area contributed by atoms with Crippen LogP contribution in [0.15, 0.2) is 12.7 Å². The van der Waals surface area contributed by atoms with Crippen LogP contribution in [0.3, 0.4) is 0 Å². The smallest absolute Gasteiger partial charge is 0.165 e. The van der Waals surface area contributed by atoms with E-state index < -0.39 is 12.2 Å². The van der Waals surface area contributed by atoms with Gasteiger partial charge in [-0.3, -0.25) is 0 Å². The average Bonchev–Trinajstić information content (AvgIpc) is 3.01. The Kier molecular flexibility index (Phi) is 4.31. The van der Waals surface area contributed by atoms with Gasteiger partial charge in [0.05, 0.1) is 30.7 Å². The number of ether oxygens (including phenoxy) is 1. The molecule has 0 bridgehead atoms. The molecule has 1 saturated carbocycles. The second-order valence-corrected chi connectivity index (χ2v) is 7.31. The van der Waals surface area contributed by atoms with Gasteiger partial charge in [-0.25, -0.2) is 15.0 Å². The SMILES string of the molecule is CC(C)(C)OC[C@@H]1C[C@H](n2cnc3c(Cl)ncnc32)[C@@H](O)[C@H]1O. The van der Waals surface area contributed by atoms with Gasteiger partial charge in [-0.05, 0) is 27.2 Å². The molecule has 0 saturated heterocycles. The number of nitrogens with zero attached hydrogens (tertiary/aromatic N) is 4. The lowest BCUT2D eigenvalue weighted by Gasteiger charge is -2.23.